The first-order valence-electron chi connectivity index (χ1n) is 13.6. The highest BCUT2D eigenvalue weighted by atomic mass is 16.6. The van der Waals surface area contributed by atoms with E-state index in [1.807, 2.05) is 42.6 Å². The Balaban J connectivity index is 1.42. The lowest BCUT2D eigenvalue weighted by molar-refractivity contribution is -0.384. The molecule has 1 saturated heterocycles. The van der Waals surface area contributed by atoms with Crippen molar-refractivity contribution in [2.45, 2.75) is 32.2 Å². The normalized spacial score (nSPS) is 16.9. The van der Waals surface area contributed by atoms with E-state index in [1.54, 1.807) is 12.4 Å². The third-order valence-corrected chi connectivity index (χ3v) is 7.71. The summed E-state index contributed by atoms with van der Waals surface area (Å²) in [6.45, 7) is 4.44. The quantitative estimate of drug-likeness (QED) is 0.136. The molecule has 0 bridgehead atoms. The van der Waals surface area contributed by atoms with Crippen LogP contribution in [0.4, 0.5) is 17.1 Å². The summed E-state index contributed by atoms with van der Waals surface area (Å²) in [6.07, 6.45) is 6.95. The van der Waals surface area contributed by atoms with Crippen molar-refractivity contribution in [2.75, 3.05) is 23.7 Å². The van der Waals surface area contributed by atoms with E-state index in [0.29, 0.717) is 28.6 Å². The molecular formula is C31H30N6O3. The van der Waals surface area contributed by atoms with Gasteiger partial charge in [-0.15, -0.1) is 0 Å². The van der Waals surface area contributed by atoms with Gasteiger partial charge in [-0.3, -0.25) is 19.8 Å². The van der Waals surface area contributed by atoms with Crippen molar-refractivity contribution in [2.24, 2.45) is 0 Å². The van der Waals surface area contributed by atoms with Crippen LogP contribution >= 0.6 is 0 Å². The number of carbonyl (C=O) groups excluding carboxylic acids is 1. The molecule has 0 saturated carbocycles. The van der Waals surface area contributed by atoms with E-state index in [4.69, 9.17) is 0 Å². The highest BCUT2D eigenvalue weighted by molar-refractivity contribution is 6.37. The molecule has 3 N–H and O–H groups in total. The number of benzene rings is 3. The molecule has 0 radical (unpaired) electrons. The Morgan fingerprint density at radius 3 is 2.48 bits per heavy atom. The van der Waals surface area contributed by atoms with Crippen molar-refractivity contribution < 1.29 is 9.72 Å². The Morgan fingerprint density at radius 1 is 1.07 bits per heavy atom. The van der Waals surface area contributed by atoms with Crippen molar-refractivity contribution in [1.29, 1.82) is 0 Å². The molecule has 1 fully saturated rings. The summed E-state index contributed by atoms with van der Waals surface area (Å²) >= 11 is 0. The smallest absolute Gasteiger partial charge is 0.270 e. The number of fused-ring (bicyclic) bond motifs is 1. The van der Waals surface area contributed by atoms with Crippen LogP contribution < -0.4 is 10.6 Å². The average molecular weight is 535 g/mol. The molecule has 0 aliphatic carbocycles. The van der Waals surface area contributed by atoms with E-state index >= 15 is 0 Å². The number of aromatic nitrogens is 2. The van der Waals surface area contributed by atoms with Gasteiger partial charge in [-0.1, -0.05) is 43.3 Å². The Labute approximate surface area is 232 Å². The summed E-state index contributed by atoms with van der Waals surface area (Å²) in [5.41, 5.74) is 6.58. The third kappa shape index (κ3) is 4.87. The number of hydrogen-bond acceptors (Lipinski definition) is 6. The fourth-order valence-corrected chi connectivity index (χ4v) is 5.71. The van der Waals surface area contributed by atoms with Crippen LogP contribution in [-0.4, -0.2) is 38.8 Å². The van der Waals surface area contributed by atoms with Gasteiger partial charge in [0.15, 0.2) is 0 Å². The Kier molecular flexibility index (Phi) is 6.88. The molecule has 4 aromatic rings. The van der Waals surface area contributed by atoms with Gasteiger partial charge in [0.25, 0.3) is 11.6 Å². The summed E-state index contributed by atoms with van der Waals surface area (Å²) in [7, 11) is 0. The zero-order valence-electron chi connectivity index (χ0n) is 22.2. The lowest BCUT2D eigenvalue weighted by Gasteiger charge is -2.27. The molecule has 1 amide bonds. The molecule has 1 atom stereocenters. The van der Waals surface area contributed by atoms with Crippen LogP contribution in [-0.2, 0) is 4.79 Å². The van der Waals surface area contributed by atoms with Crippen LogP contribution in [0.2, 0.25) is 0 Å². The Morgan fingerprint density at radius 2 is 1.82 bits per heavy atom. The number of H-pyrrole nitrogens is 1. The minimum absolute atomic E-state index is 0.0674. The zero-order chi connectivity index (χ0) is 27.6. The number of carbonyl (C=O) groups is 1. The summed E-state index contributed by atoms with van der Waals surface area (Å²) < 4.78 is 0. The Hall–Kier alpha value is -4.76. The van der Waals surface area contributed by atoms with Gasteiger partial charge in [0.2, 0.25) is 0 Å². The first-order valence-corrected chi connectivity index (χ1v) is 13.6. The number of amides is 1. The largest absolute Gasteiger partial charge is 0.354 e. The summed E-state index contributed by atoms with van der Waals surface area (Å²) in [6, 6.07) is 20.9. The number of nitrogens with one attached hydrogen (secondary N) is 3. The fourth-order valence-electron chi connectivity index (χ4n) is 5.71. The van der Waals surface area contributed by atoms with Crippen LogP contribution in [0, 0.1) is 10.1 Å². The predicted octanol–water partition coefficient (Wildman–Crippen LogP) is 6.46. The van der Waals surface area contributed by atoms with Crippen molar-refractivity contribution in [3.05, 3.63) is 106 Å². The Bertz CT molecular complexity index is 1570. The van der Waals surface area contributed by atoms with E-state index in [0.717, 1.165) is 42.0 Å². The van der Waals surface area contributed by atoms with Gasteiger partial charge in [-0.25, -0.2) is 4.98 Å². The highest BCUT2D eigenvalue weighted by Gasteiger charge is 2.30. The molecule has 6 rings (SSSR count). The summed E-state index contributed by atoms with van der Waals surface area (Å²) in [5.74, 6) is -0.307. The number of anilines is 2. The van der Waals surface area contributed by atoms with Crippen molar-refractivity contribution in [1.82, 2.24) is 14.9 Å². The average Bonchev–Trinajstić information content (AvgIpc) is 3.75. The van der Waals surface area contributed by atoms with Crippen LogP contribution in [0.1, 0.15) is 48.9 Å². The number of non-ortho nitro benzene ring substituents is 1. The van der Waals surface area contributed by atoms with Gasteiger partial charge in [-0.05, 0) is 61.7 Å². The van der Waals surface area contributed by atoms with Gasteiger partial charge >= 0.3 is 0 Å². The highest BCUT2D eigenvalue weighted by Crippen LogP contribution is 2.40. The minimum Gasteiger partial charge on any atom is -0.354 e. The van der Waals surface area contributed by atoms with Crippen LogP contribution in [0.25, 0.3) is 22.5 Å². The molecule has 3 heterocycles. The number of rotatable bonds is 8. The van der Waals surface area contributed by atoms with Crippen molar-refractivity contribution in [3.8, 4) is 11.3 Å². The maximum absolute atomic E-state index is 13.3. The first kappa shape index (κ1) is 25.5. The number of nitrogens with zero attached hydrogens (tertiary/aromatic N) is 3. The summed E-state index contributed by atoms with van der Waals surface area (Å²) in [5, 5.41) is 17.9. The van der Waals surface area contributed by atoms with Gasteiger partial charge in [0, 0.05) is 46.9 Å². The molecule has 40 heavy (non-hydrogen) atoms. The molecule has 1 aromatic heterocycles. The molecule has 3 aromatic carbocycles. The fraction of sp³-hybridized carbons (Fsp3) is 0.226. The van der Waals surface area contributed by atoms with E-state index in [9.17, 15) is 14.9 Å². The van der Waals surface area contributed by atoms with Crippen LogP contribution in [0.3, 0.4) is 0 Å². The van der Waals surface area contributed by atoms with Gasteiger partial charge in [-0.2, -0.15) is 0 Å². The standard InChI is InChI=1S/C31H30N6O3/c1-2-28(36-15-3-4-16-36)21-5-7-22(8-6-21)30(34-23-11-9-20(10-12-23)27-18-32-19-33-27)29-25-17-24(37(39)40)13-14-26(25)35-31(29)38/h5-14,17-19,28,34H,2-4,15-16H2,1H3,(H,32,33)(H,35,38)/b30-29-. The lowest BCUT2D eigenvalue weighted by Crippen LogP contribution is -2.25. The van der Waals surface area contributed by atoms with Crippen LogP contribution in [0.15, 0.2) is 79.3 Å². The molecule has 1 unspecified atom stereocenters. The second-order valence-electron chi connectivity index (χ2n) is 10.1. The maximum Gasteiger partial charge on any atom is 0.270 e. The van der Waals surface area contributed by atoms with Gasteiger partial charge in [0.05, 0.1) is 28.2 Å². The number of nitro benzene ring substituents is 1. The number of hydrogen-bond donors (Lipinski definition) is 3. The molecule has 9 nitrogen and oxygen atoms in total. The monoisotopic (exact) mass is 534 g/mol. The molecule has 9 heteroatoms. The summed E-state index contributed by atoms with van der Waals surface area (Å²) in [4.78, 5) is 34.2. The predicted molar refractivity (Wildman–Crippen MR) is 156 cm³/mol. The number of nitro groups is 1. The molecule has 0 spiro atoms. The van der Waals surface area contributed by atoms with Crippen molar-refractivity contribution in [3.63, 3.8) is 0 Å². The van der Waals surface area contributed by atoms with Gasteiger partial charge < -0.3 is 15.6 Å². The number of imidazole rings is 1. The van der Waals surface area contributed by atoms with E-state index < -0.39 is 4.92 Å². The van der Waals surface area contributed by atoms with E-state index in [1.165, 1.54) is 30.5 Å². The zero-order valence-corrected chi connectivity index (χ0v) is 22.2. The number of aromatic amines is 1. The second kappa shape index (κ2) is 10.8. The van der Waals surface area contributed by atoms with Gasteiger partial charge in [0.1, 0.15) is 0 Å². The second-order valence-corrected chi connectivity index (χ2v) is 10.1. The third-order valence-electron chi connectivity index (χ3n) is 7.71. The van der Waals surface area contributed by atoms with Crippen molar-refractivity contribution >= 4 is 34.2 Å². The molecule has 2 aliphatic heterocycles. The molecule has 202 valence electrons. The van der Waals surface area contributed by atoms with Crippen LogP contribution in [0.5, 0.6) is 0 Å². The molecular weight excluding hydrogens is 504 g/mol. The minimum atomic E-state index is -0.445. The number of likely N-dealkylation sites (tertiary alicyclic amines) is 1. The SMILES string of the molecule is CCC(c1ccc(/C(Nc2ccc(-c3c[nH]cn3)cc2)=C2/C(=O)Nc3ccc([N+](=O)[O-])cc32)cc1)N1CCCC1. The topological polar surface area (TPSA) is 116 Å². The first-order chi connectivity index (χ1) is 19.5. The van der Waals surface area contributed by atoms with E-state index in [-0.39, 0.29) is 11.6 Å². The van der Waals surface area contributed by atoms with E-state index in [2.05, 4.69) is 44.6 Å². The lowest BCUT2D eigenvalue weighted by atomic mass is 9.96. The molecule has 2 aliphatic rings. The maximum atomic E-state index is 13.3.